The highest BCUT2D eigenvalue weighted by molar-refractivity contribution is 6.31. The van der Waals surface area contributed by atoms with Gasteiger partial charge in [0.05, 0.1) is 5.69 Å². The van der Waals surface area contributed by atoms with E-state index in [1.54, 1.807) is 12.4 Å². The third kappa shape index (κ3) is 4.51. The SMILES string of the molecule is Cc1c(Cl)cccc1NC(=O)N[C@H]1CCCN(c2cc(-c3ccncc3)[nH]n2)C1. The molecule has 0 unspecified atom stereocenters. The molecule has 2 amide bonds. The standard InChI is InChI=1S/C21H23ClN6O/c1-14-17(22)5-2-6-18(14)25-21(29)24-16-4-3-11-28(13-16)20-12-19(26-27-20)15-7-9-23-10-8-15/h2,5-10,12,16H,3-4,11,13H2,1H3,(H,26,27)(H2,24,25,29)/t16-/m0/s1. The first-order chi connectivity index (χ1) is 14.1. The number of nitrogens with one attached hydrogen (secondary N) is 3. The molecule has 0 saturated carbocycles. The highest BCUT2D eigenvalue weighted by Gasteiger charge is 2.23. The van der Waals surface area contributed by atoms with E-state index in [0.29, 0.717) is 11.6 Å². The Kier molecular flexibility index (Phi) is 5.67. The van der Waals surface area contributed by atoms with Crippen LogP contribution in [-0.2, 0) is 0 Å². The van der Waals surface area contributed by atoms with Crippen LogP contribution in [0.3, 0.4) is 0 Å². The number of urea groups is 1. The number of pyridine rings is 1. The van der Waals surface area contributed by atoms with E-state index in [0.717, 1.165) is 47.7 Å². The molecule has 1 atom stereocenters. The second kappa shape index (κ2) is 8.53. The molecule has 3 heterocycles. The van der Waals surface area contributed by atoms with E-state index >= 15 is 0 Å². The third-order valence-electron chi connectivity index (χ3n) is 5.15. The van der Waals surface area contributed by atoms with Crippen molar-refractivity contribution >= 4 is 29.1 Å². The quantitative estimate of drug-likeness (QED) is 0.601. The molecule has 1 aliphatic rings. The fourth-order valence-electron chi connectivity index (χ4n) is 3.54. The van der Waals surface area contributed by atoms with Crippen molar-refractivity contribution in [3.8, 4) is 11.3 Å². The molecule has 1 aromatic carbocycles. The molecular weight excluding hydrogens is 388 g/mol. The lowest BCUT2D eigenvalue weighted by Gasteiger charge is -2.33. The minimum atomic E-state index is -0.221. The van der Waals surface area contributed by atoms with Gasteiger partial charge in [0, 0.05) is 53.9 Å². The van der Waals surface area contributed by atoms with Crippen LogP contribution in [0.5, 0.6) is 0 Å². The number of H-pyrrole nitrogens is 1. The maximum Gasteiger partial charge on any atom is 0.319 e. The van der Waals surface area contributed by atoms with Crippen molar-refractivity contribution in [3.63, 3.8) is 0 Å². The minimum Gasteiger partial charge on any atom is -0.353 e. The first-order valence-corrected chi connectivity index (χ1v) is 10.0. The molecule has 1 saturated heterocycles. The Bertz CT molecular complexity index is 990. The first-order valence-electron chi connectivity index (χ1n) is 9.63. The highest BCUT2D eigenvalue weighted by atomic mass is 35.5. The Morgan fingerprint density at radius 2 is 2.10 bits per heavy atom. The van der Waals surface area contributed by atoms with Crippen molar-refractivity contribution in [1.82, 2.24) is 20.5 Å². The molecule has 0 aliphatic carbocycles. The van der Waals surface area contributed by atoms with Gasteiger partial charge in [0.25, 0.3) is 0 Å². The molecule has 29 heavy (non-hydrogen) atoms. The summed E-state index contributed by atoms with van der Waals surface area (Å²) in [4.78, 5) is 18.7. The van der Waals surface area contributed by atoms with Gasteiger partial charge in [-0.2, -0.15) is 5.10 Å². The van der Waals surface area contributed by atoms with Crippen LogP contribution in [-0.4, -0.2) is 40.3 Å². The Hall–Kier alpha value is -3.06. The van der Waals surface area contributed by atoms with E-state index in [1.807, 2.05) is 43.3 Å². The molecule has 150 valence electrons. The van der Waals surface area contributed by atoms with Crippen molar-refractivity contribution in [1.29, 1.82) is 0 Å². The summed E-state index contributed by atoms with van der Waals surface area (Å²) >= 11 is 6.13. The zero-order valence-electron chi connectivity index (χ0n) is 16.2. The van der Waals surface area contributed by atoms with Gasteiger partial charge in [0.2, 0.25) is 0 Å². The average Bonchev–Trinajstić information content (AvgIpc) is 3.23. The normalized spacial score (nSPS) is 16.5. The average molecular weight is 411 g/mol. The Morgan fingerprint density at radius 3 is 2.93 bits per heavy atom. The number of amides is 2. The number of anilines is 2. The van der Waals surface area contributed by atoms with Crippen molar-refractivity contribution in [3.05, 3.63) is 59.4 Å². The molecule has 1 fully saturated rings. The van der Waals surface area contributed by atoms with Crippen LogP contribution in [0.4, 0.5) is 16.3 Å². The second-order valence-corrected chi connectivity index (χ2v) is 7.58. The topological polar surface area (TPSA) is 85.9 Å². The lowest BCUT2D eigenvalue weighted by Crippen LogP contribution is -2.49. The number of carbonyl (C=O) groups excluding carboxylic acids is 1. The molecule has 3 aromatic rings. The zero-order valence-corrected chi connectivity index (χ0v) is 16.9. The van der Waals surface area contributed by atoms with Crippen LogP contribution in [0.25, 0.3) is 11.3 Å². The Labute approximate surface area is 174 Å². The summed E-state index contributed by atoms with van der Waals surface area (Å²) in [6.45, 7) is 3.51. The van der Waals surface area contributed by atoms with Gasteiger partial charge in [-0.3, -0.25) is 10.1 Å². The summed E-state index contributed by atoms with van der Waals surface area (Å²) < 4.78 is 0. The molecule has 7 nitrogen and oxygen atoms in total. The summed E-state index contributed by atoms with van der Waals surface area (Å²) in [5.74, 6) is 0.884. The fourth-order valence-corrected chi connectivity index (χ4v) is 3.72. The van der Waals surface area contributed by atoms with Gasteiger partial charge in [-0.15, -0.1) is 0 Å². The van der Waals surface area contributed by atoms with Crippen LogP contribution in [0.15, 0.2) is 48.8 Å². The number of aromatic amines is 1. The number of hydrogen-bond donors (Lipinski definition) is 3. The van der Waals surface area contributed by atoms with Crippen LogP contribution >= 0.6 is 11.6 Å². The number of aromatic nitrogens is 3. The Morgan fingerprint density at radius 1 is 1.28 bits per heavy atom. The van der Waals surface area contributed by atoms with Crippen LogP contribution in [0.2, 0.25) is 5.02 Å². The van der Waals surface area contributed by atoms with Gasteiger partial charge < -0.3 is 15.5 Å². The molecule has 3 N–H and O–H groups in total. The van der Waals surface area contributed by atoms with Gasteiger partial charge in [0.1, 0.15) is 0 Å². The summed E-state index contributed by atoms with van der Waals surface area (Å²) in [5, 5.41) is 14.1. The monoisotopic (exact) mass is 410 g/mol. The molecule has 0 bridgehead atoms. The van der Waals surface area contributed by atoms with E-state index < -0.39 is 0 Å². The molecule has 8 heteroatoms. The van der Waals surface area contributed by atoms with E-state index in [-0.39, 0.29) is 12.1 Å². The summed E-state index contributed by atoms with van der Waals surface area (Å²) in [6, 6.07) is 11.2. The molecule has 0 radical (unpaired) electrons. The number of carbonyl (C=O) groups is 1. The minimum absolute atomic E-state index is 0.0457. The van der Waals surface area contributed by atoms with Gasteiger partial charge in [-0.25, -0.2) is 4.79 Å². The lowest BCUT2D eigenvalue weighted by molar-refractivity contribution is 0.246. The molecule has 4 rings (SSSR count). The number of halogens is 1. The van der Waals surface area contributed by atoms with Gasteiger partial charge >= 0.3 is 6.03 Å². The number of piperidine rings is 1. The molecular formula is C21H23ClN6O. The lowest BCUT2D eigenvalue weighted by atomic mass is 10.1. The largest absolute Gasteiger partial charge is 0.353 e. The van der Waals surface area contributed by atoms with Crippen LogP contribution in [0, 0.1) is 6.92 Å². The van der Waals surface area contributed by atoms with E-state index in [2.05, 4.69) is 30.7 Å². The summed E-state index contributed by atoms with van der Waals surface area (Å²) in [7, 11) is 0. The number of rotatable bonds is 4. The third-order valence-corrected chi connectivity index (χ3v) is 5.56. The van der Waals surface area contributed by atoms with Crippen molar-refractivity contribution < 1.29 is 4.79 Å². The number of benzene rings is 1. The second-order valence-electron chi connectivity index (χ2n) is 7.17. The van der Waals surface area contributed by atoms with Crippen LogP contribution < -0.4 is 15.5 Å². The van der Waals surface area contributed by atoms with E-state index in [1.165, 1.54) is 0 Å². The van der Waals surface area contributed by atoms with Gasteiger partial charge in [-0.1, -0.05) is 17.7 Å². The summed E-state index contributed by atoms with van der Waals surface area (Å²) in [6.07, 6.45) is 5.44. The molecule has 0 spiro atoms. The van der Waals surface area contributed by atoms with E-state index in [4.69, 9.17) is 11.6 Å². The maximum atomic E-state index is 12.5. The number of nitrogens with zero attached hydrogens (tertiary/aromatic N) is 3. The highest BCUT2D eigenvalue weighted by Crippen LogP contribution is 2.25. The smallest absolute Gasteiger partial charge is 0.319 e. The van der Waals surface area contributed by atoms with Crippen molar-refractivity contribution in [2.45, 2.75) is 25.8 Å². The van der Waals surface area contributed by atoms with E-state index in [9.17, 15) is 4.79 Å². The maximum absolute atomic E-state index is 12.5. The molecule has 1 aliphatic heterocycles. The first kappa shape index (κ1) is 19.3. The Balaban J connectivity index is 1.38. The van der Waals surface area contributed by atoms with Crippen molar-refractivity contribution in [2.75, 3.05) is 23.3 Å². The molecule has 2 aromatic heterocycles. The predicted molar refractivity (Wildman–Crippen MR) is 115 cm³/mol. The van der Waals surface area contributed by atoms with Gasteiger partial charge in [-0.05, 0) is 49.6 Å². The van der Waals surface area contributed by atoms with Crippen molar-refractivity contribution in [2.24, 2.45) is 0 Å². The number of hydrogen-bond acceptors (Lipinski definition) is 4. The van der Waals surface area contributed by atoms with Gasteiger partial charge in [0.15, 0.2) is 5.82 Å². The zero-order chi connectivity index (χ0) is 20.2. The predicted octanol–water partition coefficient (Wildman–Crippen LogP) is 4.22. The van der Waals surface area contributed by atoms with Crippen LogP contribution in [0.1, 0.15) is 18.4 Å². The fraction of sp³-hybridized carbons (Fsp3) is 0.286. The summed E-state index contributed by atoms with van der Waals surface area (Å²) in [5.41, 5.74) is 3.57.